The number of halogens is 1. The van der Waals surface area contributed by atoms with Gasteiger partial charge in [0.25, 0.3) is 0 Å². The van der Waals surface area contributed by atoms with Crippen LogP contribution in [0.25, 0.3) is 0 Å². The summed E-state index contributed by atoms with van der Waals surface area (Å²) in [5.74, 6) is 0.239. The van der Waals surface area contributed by atoms with Crippen molar-refractivity contribution in [3.8, 4) is 0 Å². The van der Waals surface area contributed by atoms with Gasteiger partial charge in [0.05, 0.1) is 16.3 Å². The fourth-order valence-electron chi connectivity index (χ4n) is 3.54. The molecule has 4 heteroatoms. The zero-order valence-corrected chi connectivity index (χ0v) is 12.3. The Bertz CT molecular complexity index is 523. The summed E-state index contributed by atoms with van der Waals surface area (Å²) < 4.78 is 5.99. The molecule has 2 fully saturated rings. The first-order chi connectivity index (χ1) is 9.60. The van der Waals surface area contributed by atoms with Crippen LogP contribution in [0.3, 0.4) is 0 Å². The molecule has 1 spiro atoms. The number of rotatable bonds is 2. The van der Waals surface area contributed by atoms with Crippen molar-refractivity contribution in [2.75, 3.05) is 12.3 Å². The molecule has 0 amide bonds. The van der Waals surface area contributed by atoms with Gasteiger partial charge in [-0.25, -0.2) is 0 Å². The normalized spacial score (nSPS) is 24.9. The summed E-state index contributed by atoms with van der Waals surface area (Å²) in [5.41, 5.74) is 6.85. The van der Waals surface area contributed by atoms with Crippen LogP contribution in [0, 0.1) is 5.92 Å². The number of ether oxygens (including phenoxy) is 1. The lowest BCUT2D eigenvalue weighted by Gasteiger charge is -2.37. The third-order valence-electron chi connectivity index (χ3n) is 4.66. The molecule has 2 N–H and O–H groups in total. The van der Waals surface area contributed by atoms with E-state index in [0.717, 1.165) is 25.7 Å². The zero-order valence-electron chi connectivity index (χ0n) is 11.5. The second-order valence-corrected chi connectivity index (χ2v) is 6.44. The predicted molar refractivity (Wildman–Crippen MR) is 80.1 cm³/mol. The lowest BCUT2D eigenvalue weighted by Crippen LogP contribution is -2.39. The number of Topliss-reactive ketones (excluding diaryl/α,β-unsaturated/α-hetero) is 1. The van der Waals surface area contributed by atoms with Gasteiger partial charge in [-0.2, -0.15) is 0 Å². The number of nitrogen functional groups attached to an aromatic ring is 1. The number of ketones is 1. The first-order valence-corrected chi connectivity index (χ1v) is 7.71. The molecule has 3 nitrogen and oxygen atoms in total. The van der Waals surface area contributed by atoms with Crippen LogP contribution in [0.1, 0.15) is 48.9 Å². The molecular weight excluding hydrogens is 274 g/mol. The molecule has 0 bridgehead atoms. The number of nitrogens with two attached hydrogens (primary N) is 1. The van der Waals surface area contributed by atoms with Crippen molar-refractivity contribution in [3.05, 3.63) is 28.8 Å². The van der Waals surface area contributed by atoms with Gasteiger partial charge in [0.2, 0.25) is 0 Å². The molecule has 108 valence electrons. The van der Waals surface area contributed by atoms with E-state index in [9.17, 15) is 4.79 Å². The summed E-state index contributed by atoms with van der Waals surface area (Å²) in [6.45, 7) is 0.694. The monoisotopic (exact) mass is 293 g/mol. The second kappa shape index (κ2) is 5.38. The van der Waals surface area contributed by atoms with Crippen molar-refractivity contribution in [2.24, 2.45) is 5.92 Å². The summed E-state index contributed by atoms with van der Waals surface area (Å²) in [7, 11) is 0. The Hall–Kier alpha value is -1.06. The molecule has 0 radical (unpaired) electrons. The number of carbonyl (C=O) groups excluding carboxylic acids is 1. The van der Waals surface area contributed by atoms with Crippen molar-refractivity contribution >= 4 is 23.1 Å². The molecule has 1 aromatic rings. The molecule has 1 heterocycles. The van der Waals surface area contributed by atoms with Crippen LogP contribution in [0.15, 0.2) is 18.2 Å². The molecule has 0 aromatic heterocycles. The van der Waals surface area contributed by atoms with Crippen LogP contribution >= 0.6 is 11.6 Å². The van der Waals surface area contributed by atoms with Crippen LogP contribution in [-0.2, 0) is 4.74 Å². The summed E-state index contributed by atoms with van der Waals surface area (Å²) in [6.07, 6.45) is 6.29. The summed E-state index contributed by atoms with van der Waals surface area (Å²) in [6, 6.07) is 5.18. The zero-order chi connectivity index (χ0) is 14.2. The topological polar surface area (TPSA) is 52.3 Å². The molecule has 1 aliphatic heterocycles. The van der Waals surface area contributed by atoms with Gasteiger partial charge in [-0.3, -0.25) is 4.79 Å². The number of hydrogen-bond acceptors (Lipinski definition) is 3. The lowest BCUT2D eigenvalue weighted by atomic mass is 9.80. The van der Waals surface area contributed by atoms with E-state index in [1.807, 2.05) is 0 Å². The summed E-state index contributed by atoms with van der Waals surface area (Å²) in [4.78, 5) is 12.6. The minimum Gasteiger partial charge on any atom is -0.398 e. The maximum atomic E-state index is 12.6. The molecule has 20 heavy (non-hydrogen) atoms. The maximum Gasteiger partial charge on any atom is 0.166 e. The van der Waals surface area contributed by atoms with Crippen molar-refractivity contribution in [3.63, 3.8) is 0 Å². The number of benzene rings is 1. The van der Waals surface area contributed by atoms with Crippen molar-refractivity contribution in [1.29, 1.82) is 0 Å². The Morgan fingerprint density at radius 3 is 2.80 bits per heavy atom. The van der Waals surface area contributed by atoms with Gasteiger partial charge in [0, 0.05) is 18.1 Å². The summed E-state index contributed by atoms with van der Waals surface area (Å²) in [5, 5.41) is 0.457. The fraction of sp³-hybridized carbons (Fsp3) is 0.562. The van der Waals surface area contributed by atoms with Gasteiger partial charge in [-0.05, 0) is 43.9 Å². The molecular formula is C16H20ClNO2. The van der Waals surface area contributed by atoms with Gasteiger partial charge >= 0.3 is 0 Å². The molecule has 1 unspecified atom stereocenters. The largest absolute Gasteiger partial charge is 0.398 e. The minimum atomic E-state index is -0.0316. The van der Waals surface area contributed by atoms with Gasteiger partial charge < -0.3 is 10.5 Å². The minimum absolute atomic E-state index is 0.0316. The fourth-order valence-corrected chi connectivity index (χ4v) is 3.72. The Balaban J connectivity index is 1.77. The highest BCUT2D eigenvalue weighted by molar-refractivity contribution is 6.33. The molecule has 1 saturated heterocycles. The van der Waals surface area contributed by atoms with Gasteiger partial charge in [-0.15, -0.1) is 0 Å². The van der Waals surface area contributed by atoms with Gasteiger partial charge in [0.1, 0.15) is 0 Å². The van der Waals surface area contributed by atoms with E-state index in [0.29, 0.717) is 22.9 Å². The Morgan fingerprint density at radius 2 is 2.10 bits per heavy atom. The van der Waals surface area contributed by atoms with Crippen LogP contribution in [0.2, 0.25) is 5.02 Å². The predicted octanol–water partition coefficient (Wildman–Crippen LogP) is 3.84. The van der Waals surface area contributed by atoms with E-state index in [1.54, 1.807) is 18.2 Å². The third kappa shape index (κ3) is 2.57. The second-order valence-electron chi connectivity index (χ2n) is 6.03. The Morgan fingerprint density at radius 1 is 1.35 bits per heavy atom. The molecule has 3 rings (SSSR count). The molecule has 2 aliphatic rings. The number of carbonyl (C=O) groups is 1. The highest BCUT2D eigenvalue weighted by Gasteiger charge is 2.41. The van der Waals surface area contributed by atoms with E-state index < -0.39 is 0 Å². The smallest absolute Gasteiger partial charge is 0.166 e. The van der Waals surface area contributed by atoms with E-state index in [1.165, 1.54) is 12.8 Å². The molecule has 1 atom stereocenters. The molecule has 1 aromatic carbocycles. The quantitative estimate of drug-likeness (QED) is 0.666. The highest BCUT2D eigenvalue weighted by Crippen LogP contribution is 2.42. The highest BCUT2D eigenvalue weighted by atomic mass is 35.5. The first kappa shape index (κ1) is 13.9. The number of anilines is 1. The Kier molecular flexibility index (Phi) is 3.74. The number of hydrogen-bond donors (Lipinski definition) is 1. The SMILES string of the molecule is Nc1ccc(C(=O)C2CCOC3(CCCC3)C2)cc1Cl. The van der Waals surface area contributed by atoms with Crippen molar-refractivity contribution in [1.82, 2.24) is 0 Å². The van der Waals surface area contributed by atoms with Crippen LogP contribution in [0.5, 0.6) is 0 Å². The Labute approximate surface area is 124 Å². The van der Waals surface area contributed by atoms with Crippen LogP contribution < -0.4 is 5.73 Å². The third-order valence-corrected chi connectivity index (χ3v) is 4.99. The first-order valence-electron chi connectivity index (χ1n) is 7.33. The van der Waals surface area contributed by atoms with Crippen LogP contribution in [-0.4, -0.2) is 18.0 Å². The van der Waals surface area contributed by atoms with Gasteiger partial charge in [0.15, 0.2) is 5.78 Å². The van der Waals surface area contributed by atoms with Crippen LogP contribution in [0.4, 0.5) is 5.69 Å². The lowest BCUT2D eigenvalue weighted by molar-refractivity contribution is -0.0866. The van der Waals surface area contributed by atoms with Crippen molar-refractivity contribution in [2.45, 2.75) is 44.1 Å². The van der Waals surface area contributed by atoms with E-state index in [-0.39, 0.29) is 17.3 Å². The maximum absolute atomic E-state index is 12.6. The van der Waals surface area contributed by atoms with E-state index >= 15 is 0 Å². The molecule has 1 saturated carbocycles. The van der Waals surface area contributed by atoms with Gasteiger partial charge in [-0.1, -0.05) is 24.4 Å². The summed E-state index contributed by atoms with van der Waals surface area (Å²) >= 11 is 6.02. The molecule has 1 aliphatic carbocycles. The standard InChI is InChI=1S/C16H20ClNO2/c17-13-9-11(3-4-14(13)18)15(19)12-5-8-20-16(10-12)6-1-2-7-16/h3-4,9,12H,1-2,5-8,10,18H2. The average molecular weight is 294 g/mol. The van der Waals surface area contributed by atoms with E-state index in [4.69, 9.17) is 22.1 Å². The van der Waals surface area contributed by atoms with Crippen molar-refractivity contribution < 1.29 is 9.53 Å². The van der Waals surface area contributed by atoms with E-state index in [2.05, 4.69) is 0 Å². The average Bonchev–Trinajstić information content (AvgIpc) is 2.89.